The van der Waals surface area contributed by atoms with Gasteiger partial charge in [0.15, 0.2) is 0 Å². The fraction of sp³-hybridized carbons (Fsp3) is 0.333. The summed E-state index contributed by atoms with van der Waals surface area (Å²) in [6, 6.07) is 3.56. The SMILES string of the molecule is CCC(=O)Nc1cccnc1CN. The van der Waals surface area contributed by atoms with Crippen LogP contribution in [0.2, 0.25) is 0 Å². The Balaban J connectivity index is 2.81. The lowest BCUT2D eigenvalue weighted by Gasteiger charge is -2.06. The van der Waals surface area contributed by atoms with Crippen molar-refractivity contribution in [2.75, 3.05) is 5.32 Å². The van der Waals surface area contributed by atoms with Crippen molar-refractivity contribution in [3.8, 4) is 0 Å². The van der Waals surface area contributed by atoms with Crippen LogP contribution in [-0.2, 0) is 11.3 Å². The van der Waals surface area contributed by atoms with Crippen LogP contribution in [-0.4, -0.2) is 10.9 Å². The molecule has 0 aliphatic rings. The van der Waals surface area contributed by atoms with Crippen molar-refractivity contribution in [1.82, 2.24) is 4.98 Å². The molecule has 0 saturated carbocycles. The average Bonchev–Trinajstić information content (AvgIpc) is 2.18. The summed E-state index contributed by atoms with van der Waals surface area (Å²) >= 11 is 0. The van der Waals surface area contributed by atoms with E-state index >= 15 is 0 Å². The average molecular weight is 179 g/mol. The van der Waals surface area contributed by atoms with Gasteiger partial charge in [-0.2, -0.15) is 0 Å². The fourth-order valence-corrected chi connectivity index (χ4v) is 0.953. The molecular formula is C9H13N3O. The first-order valence-electron chi connectivity index (χ1n) is 4.21. The zero-order chi connectivity index (χ0) is 9.68. The summed E-state index contributed by atoms with van der Waals surface area (Å²) in [5, 5.41) is 2.73. The van der Waals surface area contributed by atoms with Crippen LogP contribution in [0.5, 0.6) is 0 Å². The van der Waals surface area contributed by atoms with E-state index in [2.05, 4.69) is 10.3 Å². The van der Waals surface area contributed by atoms with Crippen molar-refractivity contribution in [2.45, 2.75) is 19.9 Å². The Kier molecular flexibility index (Phi) is 3.40. The van der Waals surface area contributed by atoms with Crippen molar-refractivity contribution < 1.29 is 4.79 Å². The molecule has 0 radical (unpaired) electrons. The summed E-state index contributed by atoms with van der Waals surface area (Å²) in [7, 11) is 0. The number of rotatable bonds is 3. The van der Waals surface area contributed by atoms with Crippen LogP contribution in [0.15, 0.2) is 18.3 Å². The number of anilines is 1. The van der Waals surface area contributed by atoms with E-state index in [1.54, 1.807) is 25.3 Å². The molecule has 0 aromatic carbocycles. The molecule has 1 amide bonds. The second-order valence-corrected chi connectivity index (χ2v) is 2.60. The summed E-state index contributed by atoms with van der Waals surface area (Å²) in [6.45, 7) is 2.13. The van der Waals surface area contributed by atoms with Gasteiger partial charge in [-0.1, -0.05) is 6.92 Å². The van der Waals surface area contributed by atoms with Crippen LogP contribution in [0.4, 0.5) is 5.69 Å². The number of carbonyl (C=O) groups is 1. The third-order valence-electron chi connectivity index (χ3n) is 1.68. The van der Waals surface area contributed by atoms with Crippen molar-refractivity contribution in [3.63, 3.8) is 0 Å². The van der Waals surface area contributed by atoms with Gasteiger partial charge in [-0.25, -0.2) is 0 Å². The third kappa shape index (κ3) is 2.52. The molecule has 4 heteroatoms. The Bertz CT molecular complexity index is 299. The number of pyridine rings is 1. The first-order valence-corrected chi connectivity index (χ1v) is 4.21. The molecule has 70 valence electrons. The summed E-state index contributed by atoms with van der Waals surface area (Å²) in [4.78, 5) is 15.1. The van der Waals surface area contributed by atoms with Gasteiger partial charge in [0.25, 0.3) is 0 Å². The van der Waals surface area contributed by atoms with Gasteiger partial charge in [0.1, 0.15) is 0 Å². The van der Waals surface area contributed by atoms with E-state index in [4.69, 9.17) is 5.73 Å². The summed E-state index contributed by atoms with van der Waals surface area (Å²) in [6.07, 6.45) is 2.11. The van der Waals surface area contributed by atoms with E-state index in [-0.39, 0.29) is 5.91 Å². The Morgan fingerprint density at radius 1 is 1.69 bits per heavy atom. The topological polar surface area (TPSA) is 68.0 Å². The third-order valence-corrected chi connectivity index (χ3v) is 1.68. The highest BCUT2D eigenvalue weighted by molar-refractivity contribution is 5.90. The first kappa shape index (κ1) is 9.67. The van der Waals surface area contributed by atoms with E-state index in [1.807, 2.05) is 0 Å². The highest BCUT2D eigenvalue weighted by atomic mass is 16.1. The quantitative estimate of drug-likeness (QED) is 0.724. The molecule has 0 atom stereocenters. The minimum atomic E-state index is -0.0253. The maximum absolute atomic E-state index is 11.1. The predicted molar refractivity (Wildman–Crippen MR) is 51.0 cm³/mol. The Morgan fingerprint density at radius 3 is 3.08 bits per heavy atom. The molecule has 1 rings (SSSR count). The van der Waals surface area contributed by atoms with Crippen LogP contribution in [0.25, 0.3) is 0 Å². The van der Waals surface area contributed by atoms with Gasteiger partial charge in [-0.05, 0) is 12.1 Å². The van der Waals surface area contributed by atoms with Crippen LogP contribution < -0.4 is 11.1 Å². The molecule has 13 heavy (non-hydrogen) atoms. The molecule has 0 fully saturated rings. The van der Waals surface area contributed by atoms with E-state index < -0.39 is 0 Å². The monoisotopic (exact) mass is 179 g/mol. The van der Waals surface area contributed by atoms with Crippen LogP contribution in [0.1, 0.15) is 19.0 Å². The van der Waals surface area contributed by atoms with Crippen molar-refractivity contribution in [1.29, 1.82) is 0 Å². The zero-order valence-corrected chi connectivity index (χ0v) is 7.58. The normalized spacial score (nSPS) is 9.69. The smallest absolute Gasteiger partial charge is 0.224 e. The zero-order valence-electron chi connectivity index (χ0n) is 7.58. The Hall–Kier alpha value is -1.42. The van der Waals surface area contributed by atoms with E-state index in [9.17, 15) is 4.79 Å². The maximum atomic E-state index is 11.1. The van der Waals surface area contributed by atoms with Crippen molar-refractivity contribution >= 4 is 11.6 Å². The highest BCUT2D eigenvalue weighted by Gasteiger charge is 2.03. The molecule has 1 aromatic rings. The van der Waals surface area contributed by atoms with Gasteiger partial charge < -0.3 is 11.1 Å². The maximum Gasteiger partial charge on any atom is 0.224 e. The molecule has 4 nitrogen and oxygen atoms in total. The molecule has 0 aliphatic carbocycles. The number of carbonyl (C=O) groups excluding carboxylic acids is 1. The molecule has 0 bridgehead atoms. The number of amides is 1. The van der Waals surface area contributed by atoms with Gasteiger partial charge >= 0.3 is 0 Å². The largest absolute Gasteiger partial charge is 0.325 e. The summed E-state index contributed by atoms with van der Waals surface area (Å²) < 4.78 is 0. The number of nitrogens with zero attached hydrogens (tertiary/aromatic N) is 1. The van der Waals surface area contributed by atoms with Crippen LogP contribution in [0, 0.1) is 0 Å². The van der Waals surface area contributed by atoms with Crippen molar-refractivity contribution in [3.05, 3.63) is 24.0 Å². The van der Waals surface area contributed by atoms with E-state index in [0.717, 1.165) is 0 Å². The highest BCUT2D eigenvalue weighted by Crippen LogP contribution is 2.10. The van der Waals surface area contributed by atoms with Crippen LogP contribution in [0.3, 0.4) is 0 Å². The molecule has 1 aromatic heterocycles. The number of hydrogen-bond donors (Lipinski definition) is 2. The minimum Gasteiger partial charge on any atom is -0.325 e. The second-order valence-electron chi connectivity index (χ2n) is 2.60. The van der Waals surface area contributed by atoms with Crippen molar-refractivity contribution in [2.24, 2.45) is 5.73 Å². The molecule has 0 unspecified atom stereocenters. The van der Waals surface area contributed by atoms with Gasteiger partial charge in [0.05, 0.1) is 11.4 Å². The molecule has 0 aliphatic heterocycles. The molecule has 0 saturated heterocycles. The Labute approximate surface area is 77.2 Å². The summed E-state index contributed by atoms with van der Waals surface area (Å²) in [5.74, 6) is -0.0253. The minimum absolute atomic E-state index is 0.0253. The standard InChI is InChI=1S/C9H13N3O/c1-2-9(13)12-7-4-3-5-11-8(7)6-10/h3-5H,2,6,10H2,1H3,(H,12,13). The van der Waals surface area contributed by atoms with E-state index in [1.165, 1.54) is 0 Å². The van der Waals surface area contributed by atoms with Gasteiger partial charge in [0.2, 0.25) is 5.91 Å². The second kappa shape index (κ2) is 4.57. The van der Waals surface area contributed by atoms with Gasteiger partial charge in [-0.3, -0.25) is 9.78 Å². The fourth-order valence-electron chi connectivity index (χ4n) is 0.953. The van der Waals surface area contributed by atoms with Gasteiger partial charge in [0, 0.05) is 19.2 Å². The molecular weight excluding hydrogens is 166 g/mol. The molecule has 1 heterocycles. The number of nitrogens with two attached hydrogens (primary N) is 1. The Morgan fingerprint density at radius 2 is 2.46 bits per heavy atom. The predicted octanol–water partition coefficient (Wildman–Crippen LogP) is 0.889. The van der Waals surface area contributed by atoms with Crippen LogP contribution >= 0.6 is 0 Å². The van der Waals surface area contributed by atoms with E-state index in [0.29, 0.717) is 24.3 Å². The summed E-state index contributed by atoms with van der Waals surface area (Å²) in [5.41, 5.74) is 6.87. The lowest BCUT2D eigenvalue weighted by molar-refractivity contribution is -0.115. The lowest BCUT2D eigenvalue weighted by Crippen LogP contribution is -2.13. The number of aromatic nitrogens is 1. The number of nitrogens with one attached hydrogen (secondary N) is 1. The number of hydrogen-bond acceptors (Lipinski definition) is 3. The molecule has 3 N–H and O–H groups in total. The van der Waals surface area contributed by atoms with Gasteiger partial charge in [-0.15, -0.1) is 0 Å². The lowest BCUT2D eigenvalue weighted by atomic mass is 10.3. The first-order chi connectivity index (χ1) is 6.27. The molecule has 0 spiro atoms.